The Bertz CT molecular complexity index is 1490. The number of nitrogens with zero attached hydrogens (tertiary/aromatic N) is 2. The summed E-state index contributed by atoms with van der Waals surface area (Å²) in [6.07, 6.45) is 9.74. The van der Waals surface area contributed by atoms with E-state index in [0.29, 0.717) is 52.8 Å². The molecule has 4 rings (SSSR count). The molecule has 2 aromatic carbocycles. The van der Waals surface area contributed by atoms with Gasteiger partial charge in [0, 0.05) is 126 Å². The third kappa shape index (κ3) is 18.4. The average molecular weight is 828 g/mol. The van der Waals surface area contributed by atoms with Gasteiger partial charge in [-0.2, -0.15) is 0 Å². The van der Waals surface area contributed by atoms with E-state index in [9.17, 15) is 0 Å². The monoisotopic (exact) mass is 828 g/mol. The molecule has 1 aliphatic carbocycles. The van der Waals surface area contributed by atoms with Crippen molar-refractivity contribution in [2.24, 2.45) is 0 Å². The minimum absolute atomic E-state index is 0.0172. The van der Waals surface area contributed by atoms with E-state index in [-0.39, 0.29) is 6.04 Å². The van der Waals surface area contributed by atoms with Gasteiger partial charge in [0.1, 0.15) is 17.3 Å². The van der Waals surface area contributed by atoms with Crippen LogP contribution in [0.3, 0.4) is 0 Å². The molecular formula is C47H77N3O9. The molecule has 0 saturated heterocycles. The number of fused-ring (bicyclic) bond motifs is 2. The topological polar surface area (TPSA) is 102 Å². The Morgan fingerprint density at radius 2 is 1.19 bits per heavy atom. The summed E-state index contributed by atoms with van der Waals surface area (Å²) in [6, 6.07) is 13.1. The van der Waals surface area contributed by atoms with E-state index < -0.39 is 0 Å². The molecule has 12 nitrogen and oxygen atoms in total. The van der Waals surface area contributed by atoms with E-state index in [1.54, 1.807) is 35.5 Å². The molecule has 0 fully saturated rings. The Labute approximate surface area is 356 Å². The molecule has 0 amide bonds. The van der Waals surface area contributed by atoms with Gasteiger partial charge in [0.25, 0.3) is 0 Å². The minimum atomic E-state index is 0.0172. The molecule has 0 bridgehead atoms. The van der Waals surface area contributed by atoms with Crippen LogP contribution in [0.25, 0.3) is 5.57 Å². The highest BCUT2D eigenvalue weighted by Gasteiger charge is 2.29. The van der Waals surface area contributed by atoms with Crippen LogP contribution in [0, 0.1) is 0 Å². The maximum atomic E-state index is 6.71. The van der Waals surface area contributed by atoms with Crippen LogP contribution in [0.5, 0.6) is 11.5 Å². The lowest BCUT2D eigenvalue weighted by atomic mass is 9.86. The van der Waals surface area contributed by atoms with Crippen molar-refractivity contribution in [2.45, 2.75) is 59.9 Å². The Balaban J connectivity index is 0.000000796. The van der Waals surface area contributed by atoms with E-state index in [0.717, 1.165) is 116 Å². The largest absolute Gasteiger partial charge is 0.496 e. The molecule has 0 saturated carbocycles. The lowest BCUT2D eigenvalue weighted by Gasteiger charge is -2.31. The average Bonchev–Trinajstić information content (AvgIpc) is 3.26. The summed E-state index contributed by atoms with van der Waals surface area (Å²) in [5, 5.41) is 3.56. The maximum Gasteiger partial charge on any atom is 0.137 e. The molecule has 1 atom stereocenters. The van der Waals surface area contributed by atoms with Crippen molar-refractivity contribution in [2.75, 3.05) is 144 Å². The first-order chi connectivity index (χ1) is 28.9. The zero-order valence-electron chi connectivity index (χ0n) is 38.1. The van der Waals surface area contributed by atoms with Crippen LogP contribution in [0.15, 0.2) is 66.0 Å². The standard InChI is InChI=1S/C37H53N3O6.C6H14O2.C4H10O/c1-7-17-40(18-20-45-24-22-42-5)30-12-15-33-36(27-30)46-35-25-28(38-16-19-44-23-21-41-4)10-13-32(35)37(33)31-14-11-29(26-34(31)43-6)39(8-2)9-3;1-3-4-8-6-5-7-2;1-3-4-5-2/h10-15,25-28,38H,7-9,16-24H2,1-6H3;3-6H2,1-2H3;3-4H2,1-2H3. The Morgan fingerprint density at radius 3 is 1.75 bits per heavy atom. The van der Waals surface area contributed by atoms with E-state index in [1.807, 2.05) is 0 Å². The van der Waals surface area contributed by atoms with Crippen molar-refractivity contribution >= 4 is 16.9 Å². The molecule has 59 heavy (non-hydrogen) atoms. The van der Waals surface area contributed by atoms with Gasteiger partial charge in [-0.05, 0) is 63.5 Å². The second-order valence-electron chi connectivity index (χ2n) is 13.8. The predicted molar refractivity (Wildman–Crippen MR) is 242 cm³/mol. The summed E-state index contributed by atoms with van der Waals surface area (Å²) in [4.78, 5) is 4.69. The lowest BCUT2D eigenvalue weighted by molar-refractivity contribution is 0.0710. The number of methoxy groups -OCH3 is 5. The predicted octanol–water partition coefficient (Wildman–Crippen LogP) is 7.79. The minimum Gasteiger partial charge on any atom is -0.496 e. The lowest BCUT2D eigenvalue weighted by Crippen LogP contribution is -2.31. The van der Waals surface area contributed by atoms with Gasteiger partial charge in [-0.3, -0.25) is 0 Å². The van der Waals surface area contributed by atoms with Gasteiger partial charge in [0.05, 0.1) is 60.0 Å². The number of allylic oxidation sites excluding steroid dienone is 1. The molecule has 1 aliphatic heterocycles. The Kier molecular flexibility index (Phi) is 28.3. The molecule has 334 valence electrons. The molecule has 0 spiro atoms. The van der Waals surface area contributed by atoms with Crippen molar-refractivity contribution in [3.8, 4) is 11.5 Å². The van der Waals surface area contributed by atoms with Crippen molar-refractivity contribution < 1.29 is 42.6 Å². The number of anilines is 2. The van der Waals surface area contributed by atoms with E-state index in [1.165, 1.54) is 0 Å². The van der Waals surface area contributed by atoms with Crippen LogP contribution < -0.4 is 24.6 Å². The Hall–Kier alpha value is -3.46. The van der Waals surface area contributed by atoms with Crippen molar-refractivity contribution in [3.05, 3.63) is 77.1 Å². The molecule has 1 unspecified atom stereocenters. The normalized spacial score (nSPS) is 13.9. The van der Waals surface area contributed by atoms with Crippen LogP contribution >= 0.6 is 0 Å². The smallest absolute Gasteiger partial charge is 0.137 e. The fourth-order valence-electron chi connectivity index (χ4n) is 6.43. The second-order valence-corrected chi connectivity index (χ2v) is 13.8. The van der Waals surface area contributed by atoms with Crippen molar-refractivity contribution in [1.29, 1.82) is 0 Å². The van der Waals surface area contributed by atoms with Gasteiger partial charge in [-0.15, -0.1) is 0 Å². The van der Waals surface area contributed by atoms with Crippen molar-refractivity contribution in [1.82, 2.24) is 5.32 Å². The molecular weight excluding hydrogens is 751 g/mol. The third-order valence-electron chi connectivity index (χ3n) is 9.42. The summed E-state index contributed by atoms with van der Waals surface area (Å²) in [5.74, 6) is 2.50. The summed E-state index contributed by atoms with van der Waals surface area (Å²) in [6.45, 7) is 21.8. The number of nitrogens with one attached hydrogen (secondary N) is 1. The highest BCUT2D eigenvalue weighted by molar-refractivity contribution is 5.93. The zero-order chi connectivity index (χ0) is 43.1. The fraction of sp³-hybridized carbons (Fsp3) is 0.617. The molecule has 2 aliphatic rings. The summed E-state index contributed by atoms with van der Waals surface area (Å²) in [7, 11) is 8.51. The second kappa shape index (κ2) is 32.3. The third-order valence-corrected chi connectivity index (χ3v) is 9.42. The first-order valence-corrected chi connectivity index (χ1v) is 21.5. The number of ether oxygens (including phenoxy) is 9. The highest BCUT2D eigenvalue weighted by atomic mass is 16.5. The van der Waals surface area contributed by atoms with Crippen LogP contribution in [0.4, 0.5) is 11.4 Å². The first kappa shape index (κ1) is 51.7. The summed E-state index contributed by atoms with van der Waals surface area (Å²) < 4.78 is 49.0. The number of hydrogen-bond donors (Lipinski definition) is 1. The number of rotatable bonds is 28. The molecule has 12 heteroatoms. The van der Waals surface area contributed by atoms with Crippen LogP contribution in [0.2, 0.25) is 0 Å². The molecule has 0 aromatic heterocycles. The van der Waals surface area contributed by atoms with Gasteiger partial charge in [-0.25, -0.2) is 0 Å². The number of benzene rings is 2. The Morgan fingerprint density at radius 1 is 0.593 bits per heavy atom. The maximum absolute atomic E-state index is 6.71. The number of hydrogen-bond acceptors (Lipinski definition) is 12. The SMILES string of the molecule is CCCN(CCOCCOC)c1ccc2c(c1)OC1=CC(NCCOCCOC)C=CC1=C2c1ccc(N(CC)CC)cc1OC.CCCOC.CCCOCCOC. The molecule has 0 radical (unpaired) electrons. The zero-order valence-corrected chi connectivity index (χ0v) is 38.1. The first-order valence-electron chi connectivity index (χ1n) is 21.5. The van der Waals surface area contributed by atoms with Crippen LogP contribution in [-0.4, -0.2) is 140 Å². The van der Waals surface area contributed by atoms with E-state index >= 15 is 0 Å². The summed E-state index contributed by atoms with van der Waals surface area (Å²) >= 11 is 0. The molecule has 1 N–H and O–H groups in total. The van der Waals surface area contributed by atoms with Gasteiger partial charge >= 0.3 is 0 Å². The van der Waals surface area contributed by atoms with E-state index in [2.05, 4.69) is 104 Å². The quantitative estimate of drug-likeness (QED) is 0.0848. The van der Waals surface area contributed by atoms with Gasteiger partial charge in [0.2, 0.25) is 0 Å². The molecule has 1 heterocycles. The van der Waals surface area contributed by atoms with Crippen LogP contribution in [0.1, 0.15) is 65.0 Å². The van der Waals surface area contributed by atoms with Gasteiger partial charge < -0.3 is 57.7 Å². The highest BCUT2D eigenvalue weighted by Crippen LogP contribution is 2.47. The van der Waals surface area contributed by atoms with Gasteiger partial charge in [0.15, 0.2) is 0 Å². The van der Waals surface area contributed by atoms with E-state index in [4.69, 9.17) is 42.6 Å². The fourth-order valence-corrected chi connectivity index (χ4v) is 6.43. The van der Waals surface area contributed by atoms with Crippen molar-refractivity contribution in [3.63, 3.8) is 0 Å². The van der Waals surface area contributed by atoms with Gasteiger partial charge in [-0.1, -0.05) is 32.9 Å². The van der Waals surface area contributed by atoms with Crippen LogP contribution in [-0.2, 0) is 33.2 Å². The summed E-state index contributed by atoms with van der Waals surface area (Å²) in [5.41, 5.74) is 6.48. The molecule has 2 aromatic rings.